The second-order valence-electron chi connectivity index (χ2n) is 16.9. The van der Waals surface area contributed by atoms with Crippen molar-refractivity contribution >= 4 is 31.8 Å². The van der Waals surface area contributed by atoms with Gasteiger partial charge in [-0.25, -0.2) is 31.9 Å². The number of carboxylic acids is 2. The van der Waals surface area contributed by atoms with Crippen LogP contribution in [-0.4, -0.2) is 88.0 Å². The Kier molecular flexibility index (Phi) is 19.0. The van der Waals surface area contributed by atoms with Gasteiger partial charge in [0.05, 0.1) is 38.4 Å². The standard InChI is InChI=1S/C25H31N3O5S.C24H30N4O5S/c1-18(2)20-8-7-9-21(22(20)17-25(29)30)19-10-12-26-23(16-19)33-15-6-4-5-14-28-24(11-13-27-28)34(3,31)32;1-17(2)19-7-6-8-20(21(19)16-24(29)30)18-9-11-26-22(15-18)33-14-5-3-4-13-28-23(10-12-27-28)34(25,31)32/h7-13,16,18H,4-6,14-15,17H2,1-3H3,(H,29,30);6-12,15,17H,3-5,13-14,16H2,1-2H3,(H,29,30)(H2,25,31,32). The summed E-state index contributed by atoms with van der Waals surface area (Å²) in [6, 6.07) is 22.0. The summed E-state index contributed by atoms with van der Waals surface area (Å²) in [5, 5.41) is 32.4. The largest absolute Gasteiger partial charge is 0.481 e. The molecule has 0 unspecified atom stereocenters. The van der Waals surface area contributed by atoms with Crippen LogP contribution in [0.25, 0.3) is 22.3 Å². The zero-order valence-corrected chi connectivity index (χ0v) is 40.7. The van der Waals surface area contributed by atoms with Gasteiger partial charge in [-0.15, -0.1) is 0 Å². The van der Waals surface area contributed by atoms with E-state index < -0.39 is 31.8 Å². The van der Waals surface area contributed by atoms with Crippen LogP contribution in [0.1, 0.15) is 100 Å². The highest BCUT2D eigenvalue weighted by Gasteiger charge is 2.19. The van der Waals surface area contributed by atoms with E-state index in [0.29, 0.717) is 38.1 Å². The highest BCUT2D eigenvalue weighted by molar-refractivity contribution is 7.90. The molecule has 4 N–H and O–H groups in total. The summed E-state index contributed by atoms with van der Waals surface area (Å²) < 4.78 is 61.1. The maximum absolute atomic E-state index is 11.7. The maximum atomic E-state index is 11.7. The number of aliphatic carboxylic acids is 2. The molecule has 6 rings (SSSR count). The molecule has 0 aliphatic heterocycles. The van der Waals surface area contributed by atoms with E-state index in [4.69, 9.17) is 14.6 Å². The van der Waals surface area contributed by atoms with Gasteiger partial charge in [0.1, 0.15) is 0 Å². The number of nitrogens with two attached hydrogens (primary N) is 1. The summed E-state index contributed by atoms with van der Waals surface area (Å²) in [5.41, 5.74) is 7.13. The molecule has 0 aliphatic carbocycles. The van der Waals surface area contributed by atoms with Crippen molar-refractivity contribution in [1.82, 2.24) is 29.5 Å². The van der Waals surface area contributed by atoms with Crippen molar-refractivity contribution in [1.29, 1.82) is 0 Å². The lowest BCUT2D eigenvalue weighted by atomic mass is 9.89. The van der Waals surface area contributed by atoms with E-state index in [1.54, 1.807) is 12.4 Å². The molecule has 0 radical (unpaired) electrons. The van der Waals surface area contributed by atoms with Crippen molar-refractivity contribution in [3.8, 4) is 34.0 Å². The third-order valence-electron chi connectivity index (χ3n) is 11.0. The number of hydrogen-bond donors (Lipinski definition) is 3. The predicted octanol–water partition coefficient (Wildman–Crippen LogP) is 7.94. The lowest BCUT2D eigenvalue weighted by Crippen LogP contribution is -2.18. The minimum atomic E-state index is -3.78. The fraction of sp³-hybridized carbons (Fsp3) is 0.388. The molecule has 0 amide bonds. The Morgan fingerprint density at radius 1 is 0.603 bits per heavy atom. The number of nitrogens with zero attached hydrogens (tertiary/aromatic N) is 6. The molecule has 0 bridgehead atoms. The number of carbonyl (C=O) groups is 2. The zero-order chi connectivity index (χ0) is 49.4. The minimum Gasteiger partial charge on any atom is -0.481 e. The van der Waals surface area contributed by atoms with Crippen LogP contribution in [0.5, 0.6) is 11.8 Å². The first-order chi connectivity index (χ1) is 32.3. The van der Waals surface area contributed by atoms with Gasteiger partial charge in [-0.2, -0.15) is 10.2 Å². The highest BCUT2D eigenvalue weighted by Crippen LogP contribution is 2.33. The zero-order valence-electron chi connectivity index (χ0n) is 39.1. The Morgan fingerprint density at radius 3 is 1.43 bits per heavy atom. The molecule has 0 fully saturated rings. The third kappa shape index (κ3) is 15.3. The van der Waals surface area contributed by atoms with Gasteiger partial charge in [-0.05, 0) is 119 Å². The molecule has 68 heavy (non-hydrogen) atoms. The SMILES string of the molecule is CC(C)c1cccc(-c2ccnc(OCCCCCn3nccc3S(C)(=O)=O)c2)c1CC(=O)O.CC(C)c1cccc(-c2ccnc(OCCCCCn3nccc3S(N)(=O)=O)c2)c1CC(=O)O. The van der Waals surface area contributed by atoms with Crippen LogP contribution in [0.15, 0.2) is 108 Å². The first-order valence-electron chi connectivity index (χ1n) is 22.5. The molecule has 6 aromatic rings. The number of aryl methyl sites for hydroxylation is 2. The number of hydrogen-bond acceptors (Lipinski definition) is 12. The summed E-state index contributed by atoms with van der Waals surface area (Å²) in [6.45, 7) is 10.1. The number of ether oxygens (including phenoxy) is 2. The van der Waals surface area contributed by atoms with Gasteiger partial charge in [0.25, 0.3) is 10.0 Å². The average Bonchev–Trinajstić information content (AvgIpc) is 3.97. The van der Waals surface area contributed by atoms with E-state index in [0.717, 1.165) is 83.0 Å². The molecular formula is C49H61N7O10S2. The quantitative estimate of drug-likeness (QED) is 0.0487. The first kappa shape index (κ1) is 52.5. The Balaban J connectivity index is 0.000000254. The van der Waals surface area contributed by atoms with Crippen LogP contribution in [0.3, 0.4) is 0 Å². The summed E-state index contributed by atoms with van der Waals surface area (Å²) in [7, 11) is -7.07. The fourth-order valence-corrected chi connectivity index (χ4v) is 9.32. The van der Waals surface area contributed by atoms with Crippen LogP contribution in [-0.2, 0) is 55.4 Å². The van der Waals surface area contributed by atoms with Gasteiger partial charge >= 0.3 is 11.9 Å². The minimum absolute atomic E-state index is 0.00793. The molecule has 0 spiro atoms. The van der Waals surface area contributed by atoms with E-state index in [-0.39, 0.29) is 34.7 Å². The van der Waals surface area contributed by atoms with E-state index in [1.807, 2.05) is 74.5 Å². The van der Waals surface area contributed by atoms with Gasteiger partial charge in [-0.3, -0.25) is 19.0 Å². The van der Waals surface area contributed by atoms with Crippen LogP contribution in [0, 0.1) is 0 Å². The second kappa shape index (κ2) is 24.5. The van der Waals surface area contributed by atoms with E-state index in [1.165, 1.54) is 40.1 Å². The highest BCUT2D eigenvalue weighted by atomic mass is 32.2. The van der Waals surface area contributed by atoms with Crippen LogP contribution in [0.2, 0.25) is 0 Å². The van der Waals surface area contributed by atoms with Crippen molar-refractivity contribution in [2.45, 2.75) is 114 Å². The fourth-order valence-electron chi connectivity index (χ4n) is 7.81. The Morgan fingerprint density at radius 2 is 1.03 bits per heavy atom. The number of primary sulfonamides is 1. The third-order valence-corrected chi connectivity index (χ3v) is 13.0. The van der Waals surface area contributed by atoms with Gasteiger partial charge in [0, 0.05) is 43.9 Å². The number of sulfone groups is 1. The summed E-state index contributed by atoms with van der Waals surface area (Å²) in [6.07, 6.45) is 12.0. The van der Waals surface area contributed by atoms with Crippen LogP contribution < -0.4 is 14.6 Å². The molecule has 4 aromatic heterocycles. The number of sulfonamides is 1. The van der Waals surface area contributed by atoms with E-state index in [2.05, 4.69) is 34.0 Å². The summed E-state index contributed by atoms with van der Waals surface area (Å²) in [5.74, 6) is -0.362. The molecule has 17 nitrogen and oxygen atoms in total. The number of aromatic nitrogens is 6. The van der Waals surface area contributed by atoms with Crippen LogP contribution in [0.4, 0.5) is 0 Å². The molecule has 0 saturated heterocycles. The lowest BCUT2D eigenvalue weighted by molar-refractivity contribution is -0.137. The molecule has 4 heterocycles. The molecule has 0 saturated carbocycles. The van der Waals surface area contributed by atoms with Crippen molar-refractivity contribution in [2.75, 3.05) is 19.5 Å². The molecular weight excluding hydrogens is 911 g/mol. The van der Waals surface area contributed by atoms with Crippen LogP contribution >= 0.6 is 0 Å². The number of carboxylic acid groups (broad SMARTS) is 2. The lowest BCUT2D eigenvalue weighted by Gasteiger charge is -2.17. The Bertz CT molecular complexity index is 2670. The average molecular weight is 972 g/mol. The van der Waals surface area contributed by atoms with Crippen molar-refractivity contribution in [2.24, 2.45) is 5.14 Å². The smallest absolute Gasteiger partial charge is 0.307 e. The monoisotopic (exact) mass is 971 g/mol. The number of rotatable bonds is 24. The number of unbranched alkanes of at least 4 members (excludes halogenated alkanes) is 4. The molecule has 0 atom stereocenters. The molecule has 0 aliphatic rings. The van der Waals surface area contributed by atoms with Gasteiger partial charge in [-0.1, -0.05) is 64.1 Å². The van der Waals surface area contributed by atoms with Crippen molar-refractivity contribution in [3.05, 3.63) is 120 Å². The number of pyridine rings is 2. The van der Waals surface area contributed by atoms with Crippen molar-refractivity contribution in [3.63, 3.8) is 0 Å². The van der Waals surface area contributed by atoms with Crippen molar-refractivity contribution < 1.29 is 46.1 Å². The van der Waals surface area contributed by atoms with E-state index in [9.17, 15) is 36.6 Å². The normalized spacial score (nSPS) is 11.6. The number of benzene rings is 2. The molecule has 364 valence electrons. The maximum Gasteiger partial charge on any atom is 0.307 e. The topological polar surface area (TPSA) is 249 Å². The Labute approximate surface area is 398 Å². The summed E-state index contributed by atoms with van der Waals surface area (Å²) >= 11 is 0. The van der Waals surface area contributed by atoms with E-state index >= 15 is 0 Å². The Hall–Kier alpha value is -6.44. The molecule has 2 aromatic carbocycles. The predicted molar refractivity (Wildman–Crippen MR) is 258 cm³/mol. The van der Waals surface area contributed by atoms with Gasteiger partial charge in [0.2, 0.25) is 11.8 Å². The first-order valence-corrected chi connectivity index (χ1v) is 25.9. The summed E-state index contributed by atoms with van der Waals surface area (Å²) in [4.78, 5) is 31.5. The second-order valence-corrected chi connectivity index (χ2v) is 20.4. The molecule has 19 heteroatoms. The van der Waals surface area contributed by atoms with Gasteiger partial charge < -0.3 is 19.7 Å². The van der Waals surface area contributed by atoms with Gasteiger partial charge in [0.15, 0.2) is 19.9 Å².